The highest BCUT2D eigenvalue weighted by atomic mass is 16.3. The van der Waals surface area contributed by atoms with Gasteiger partial charge in [0.2, 0.25) is 0 Å². The lowest BCUT2D eigenvalue weighted by Gasteiger charge is -2.36. The molecule has 0 aromatic heterocycles. The molecule has 3 heteroatoms. The van der Waals surface area contributed by atoms with Crippen LogP contribution in [0.3, 0.4) is 0 Å². The number of allylic oxidation sites excluding steroid dienone is 2. The molecule has 0 amide bonds. The molecule has 0 aliphatic heterocycles. The molecule has 2 N–H and O–H groups in total. The quantitative estimate of drug-likeness (QED) is 0.713. The molecule has 1 rings (SSSR count). The van der Waals surface area contributed by atoms with Gasteiger partial charge in [-0.2, -0.15) is 0 Å². The molecule has 2 atom stereocenters. The monoisotopic (exact) mass is 224 g/mol. The van der Waals surface area contributed by atoms with Crippen LogP contribution in [0.25, 0.3) is 0 Å². The summed E-state index contributed by atoms with van der Waals surface area (Å²) < 4.78 is 0. The normalized spacial score (nSPS) is 26.9. The molecule has 90 valence electrons. The first-order valence-electron chi connectivity index (χ1n) is 5.57. The summed E-state index contributed by atoms with van der Waals surface area (Å²) in [5.41, 5.74) is 0.535. The molecule has 1 aliphatic carbocycles. The molecule has 0 aromatic carbocycles. The van der Waals surface area contributed by atoms with E-state index in [1.807, 2.05) is 19.9 Å². The van der Waals surface area contributed by atoms with E-state index in [1.165, 1.54) is 6.08 Å². The highest BCUT2D eigenvalue weighted by Crippen LogP contribution is 2.40. The molecular weight excluding hydrogens is 204 g/mol. The minimum Gasteiger partial charge on any atom is -0.392 e. The molecular formula is C13H20O3. The molecule has 0 saturated heterocycles. The fourth-order valence-electron chi connectivity index (χ4n) is 2.21. The van der Waals surface area contributed by atoms with Gasteiger partial charge in [0.25, 0.3) is 0 Å². The SMILES string of the molecule is C[C@H](O)/C=C/[C@H]1C(CO)=CC(=O)CC1(C)C. The number of aliphatic hydroxyl groups excluding tert-OH is 2. The van der Waals surface area contributed by atoms with Crippen molar-refractivity contribution in [3.8, 4) is 0 Å². The third-order valence-electron chi connectivity index (χ3n) is 2.98. The molecule has 16 heavy (non-hydrogen) atoms. The molecule has 0 unspecified atom stereocenters. The van der Waals surface area contributed by atoms with Crippen molar-refractivity contribution in [2.75, 3.05) is 6.61 Å². The predicted molar refractivity (Wildman–Crippen MR) is 62.9 cm³/mol. The first kappa shape index (κ1) is 13.1. The first-order valence-corrected chi connectivity index (χ1v) is 5.57. The Hall–Kier alpha value is -0.930. The number of carbonyl (C=O) groups is 1. The number of hydrogen-bond donors (Lipinski definition) is 2. The van der Waals surface area contributed by atoms with Crippen molar-refractivity contribution >= 4 is 5.78 Å². The summed E-state index contributed by atoms with van der Waals surface area (Å²) in [6.07, 6.45) is 5.09. The summed E-state index contributed by atoms with van der Waals surface area (Å²) in [7, 11) is 0. The molecule has 0 radical (unpaired) electrons. The minimum atomic E-state index is -0.506. The van der Waals surface area contributed by atoms with Crippen LogP contribution < -0.4 is 0 Å². The summed E-state index contributed by atoms with van der Waals surface area (Å²) >= 11 is 0. The average Bonchev–Trinajstić information content (AvgIpc) is 2.13. The van der Waals surface area contributed by atoms with Crippen LogP contribution in [0.2, 0.25) is 0 Å². The maximum absolute atomic E-state index is 11.5. The van der Waals surface area contributed by atoms with Crippen molar-refractivity contribution in [2.24, 2.45) is 11.3 Å². The van der Waals surface area contributed by atoms with Gasteiger partial charge < -0.3 is 10.2 Å². The third kappa shape index (κ3) is 3.03. The summed E-state index contributed by atoms with van der Waals surface area (Å²) in [6, 6.07) is 0. The Bertz CT molecular complexity index is 324. The molecule has 0 spiro atoms. The zero-order valence-corrected chi connectivity index (χ0v) is 10.1. The maximum Gasteiger partial charge on any atom is 0.156 e. The molecule has 0 bridgehead atoms. The number of aliphatic hydroxyl groups is 2. The van der Waals surface area contributed by atoms with E-state index in [0.29, 0.717) is 6.42 Å². The zero-order valence-electron chi connectivity index (χ0n) is 10.1. The van der Waals surface area contributed by atoms with E-state index in [-0.39, 0.29) is 23.7 Å². The second kappa shape index (κ2) is 4.93. The molecule has 3 nitrogen and oxygen atoms in total. The lowest BCUT2D eigenvalue weighted by molar-refractivity contribution is -0.117. The van der Waals surface area contributed by atoms with Crippen LogP contribution in [0.15, 0.2) is 23.8 Å². The Kier molecular flexibility index (Phi) is 4.05. The van der Waals surface area contributed by atoms with Gasteiger partial charge in [-0.05, 0) is 24.0 Å². The number of hydrogen-bond acceptors (Lipinski definition) is 3. The van der Waals surface area contributed by atoms with E-state index < -0.39 is 6.10 Å². The Morgan fingerprint density at radius 1 is 1.62 bits per heavy atom. The zero-order chi connectivity index (χ0) is 12.3. The Morgan fingerprint density at radius 3 is 2.75 bits per heavy atom. The van der Waals surface area contributed by atoms with Crippen molar-refractivity contribution in [1.29, 1.82) is 0 Å². The topological polar surface area (TPSA) is 57.5 Å². The van der Waals surface area contributed by atoms with Gasteiger partial charge in [-0.25, -0.2) is 0 Å². The summed E-state index contributed by atoms with van der Waals surface area (Å²) in [5, 5.41) is 18.5. The van der Waals surface area contributed by atoms with Gasteiger partial charge in [-0.15, -0.1) is 0 Å². The van der Waals surface area contributed by atoms with E-state index in [0.717, 1.165) is 5.57 Å². The van der Waals surface area contributed by atoms with Crippen LogP contribution in [-0.4, -0.2) is 28.7 Å². The lowest BCUT2D eigenvalue weighted by atomic mass is 9.68. The van der Waals surface area contributed by atoms with Crippen LogP contribution in [-0.2, 0) is 4.79 Å². The van der Waals surface area contributed by atoms with Gasteiger partial charge in [0, 0.05) is 12.3 Å². The summed E-state index contributed by atoms with van der Waals surface area (Å²) in [5.74, 6) is 0.0838. The molecule has 0 saturated carbocycles. The van der Waals surface area contributed by atoms with Gasteiger partial charge in [-0.1, -0.05) is 26.0 Å². The minimum absolute atomic E-state index is 0.0183. The second-order valence-corrected chi connectivity index (χ2v) is 5.11. The van der Waals surface area contributed by atoms with E-state index in [1.54, 1.807) is 13.0 Å². The van der Waals surface area contributed by atoms with Gasteiger partial charge in [-0.3, -0.25) is 4.79 Å². The van der Waals surface area contributed by atoms with Crippen molar-refractivity contribution in [3.05, 3.63) is 23.8 Å². The first-order chi connectivity index (χ1) is 7.36. The predicted octanol–water partition coefficient (Wildman–Crippen LogP) is 1.46. The third-order valence-corrected chi connectivity index (χ3v) is 2.98. The van der Waals surface area contributed by atoms with Crippen LogP contribution in [0.1, 0.15) is 27.2 Å². The molecule has 0 aromatic rings. The van der Waals surface area contributed by atoms with Crippen LogP contribution >= 0.6 is 0 Å². The standard InChI is InChI=1S/C13H20O3/c1-9(15)4-5-12-10(8-14)6-11(16)7-13(12,2)3/h4-6,9,12,14-15H,7-8H2,1-3H3/b5-4+/t9-,12-/m0/s1. The van der Waals surface area contributed by atoms with Crippen molar-refractivity contribution in [1.82, 2.24) is 0 Å². The van der Waals surface area contributed by atoms with Crippen LogP contribution in [0, 0.1) is 11.3 Å². The van der Waals surface area contributed by atoms with Crippen LogP contribution in [0.5, 0.6) is 0 Å². The highest BCUT2D eigenvalue weighted by molar-refractivity contribution is 5.92. The lowest BCUT2D eigenvalue weighted by Crippen LogP contribution is -2.32. The Morgan fingerprint density at radius 2 is 2.25 bits per heavy atom. The average molecular weight is 224 g/mol. The smallest absolute Gasteiger partial charge is 0.156 e. The van der Waals surface area contributed by atoms with E-state index >= 15 is 0 Å². The maximum atomic E-state index is 11.5. The van der Waals surface area contributed by atoms with Gasteiger partial charge in [0.05, 0.1) is 12.7 Å². The van der Waals surface area contributed by atoms with Crippen molar-refractivity contribution in [2.45, 2.75) is 33.3 Å². The number of rotatable bonds is 3. The Balaban J connectivity index is 3.00. The Labute approximate surface area is 96.5 Å². The second-order valence-electron chi connectivity index (χ2n) is 5.11. The van der Waals surface area contributed by atoms with Crippen LogP contribution in [0.4, 0.5) is 0 Å². The van der Waals surface area contributed by atoms with Gasteiger partial charge >= 0.3 is 0 Å². The fraction of sp³-hybridized carbons (Fsp3) is 0.615. The summed E-state index contributed by atoms with van der Waals surface area (Å²) in [6.45, 7) is 5.58. The number of ketones is 1. The van der Waals surface area contributed by atoms with Gasteiger partial charge in [0.1, 0.15) is 0 Å². The van der Waals surface area contributed by atoms with Crippen molar-refractivity contribution < 1.29 is 15.0 Å². The molecule has 1 aliphatic rings. The van der Waals surface area contributed by atoms with E-state index in [4.69, 9.17) is 0 Å². The fourth-order valence-corrected chi connectivity index (χ4v) is 2.21. The highest BCUT2D eigenvalue weighted by Gasteiger charge is 2.35. The summed E-state index contributed by atoms with van der Waals surface area (Å²) in [4.78, 5) is 11.5. The van der Waals surface area contributed by atoms with E-state index in [9.17, 15) is 15.0 Å². The largest absolute Gasteiger partial charge is 0.392 e. The van der Waals surface area contributed by atoms with Crippen molar-refractivity contribution in [3.63, 3.8) is 0 Å². The van der Waals surface area contributed by atoms with Gasteiger partial charge in [0.15, 0.2) is 5.78 Å². The van der Waals surface area contributed by atoms with E-state index in [2.05, 4.69) is 0 Å². The number of carbonyl (C=O) groups excluding carboxylic acids is 1. The molecule has 0 fully saturated rings. The molecule has 0 heterocycles.